The Bertz CT molecular complexity index is 426. The summed E-state index contributed by atoms with van der Waals surface area (Å²) in [7, 11) is 0. The third-order valence-corrected chi connectivity index (χ3v) is 2.09. The van der Waals surface area contributed by atoms with E-state index < -0.39 is 0 Å². The fraction of sp³-hybridized carbons (Fsp3) is 0.182. The Balaban J connectivity index is 2.22. The van der Waals surface area contributed by atoms with Gasteiger partial charge in [0.15, 0.2) is 0 Å². The molecule has 0 unspecified atom stereocenters. The van der Waals surface area contributed by atoms with Crippen LogP contribution in [-0.4, -0.2) is 5.91 Å². The van der Waals surface area contributed by atoms with Crippen LogP contribution < -0.4 is 5.73 Å². The molecule has 72 valence electrons. The number of hydrogen-bond acceptors (Lipinski definition) is 2. The molecule has 1 aromatic heterocycles. The van der Waals surface area contributed by atoms with E-state index in [9.17, 15) is 4.79 Å². The number of rotatable bonds is 3. The lowest BCUT2D eigenvalue weighted by Gasteiger charge is -1.90. The number of benzene rings is 1. The normalized spacial score (nSPS) is 10.6. The molecule has 1 heterocycles. The lowest BCUT2D eigenvalue weighted by Crippen LogP contribution is -2.10. The van der Waals surface area contributed by atoms with E-state index in [1.165, 1.54) is 0 Å². The standard InChI is InChI=1S/C11H11NO2/c12-11(13)6-5-9-7-8-3-1-2-4-10(8)14-9/h1-4,7H,5-6H2,(H2,12,13). The minimum atomic E-state index is -0.301. The second kappa shape index (κ2) is 3.54. The average Bonchev–Trinajstić information content (AvgIpc) is 2.57. The molecule has 0 atom stereocenters. The minimum absolute atomic E-state index is 0.301. The van der Waals surface area contributed by atoms with Gasteiger partial charge in [-0.05, 0) is 12.1 Å². The number of carbonyl (C=O) groups is 1. The Morgan fingerprint density at radius 3 is 2.86 bits per heavy atom. The monoisotopic (exact) mass is 189 g/mol. The number of fused-ring (bicyclic) bond motifs is 1. The van der Waals surface area contributed by atoms with Crippen molar-refractivity contribution in [1.29, 1.82) is 0 Å². The maximum atomic E-state index is 10.6. The van der Waals surface area contributed by atoms with E-state index in [4.69, 9.17) is 10.2 Å². The second-order valence-corrected chi connectivity index (χ2v) is 3.22. The molecule has 1 aromatic carbocycles. The van der Waals surface area contributed by atoms with Gasteiger partial charge < -0.3 is 10.2 Å². The maximum absolute atomic E-state index is 10.6. The van der Waals surface area contributed by atoms with Crippen molar-refractivity contribution >= 4 is 16.9 Å². The fourth-order valence-corrected chi connectivity index (χ4v) is 1.41. The summed E-state index contributed by atoms with van der Waals surface area (Å²) < 4.78 is 5.51. The summed E-state index contributed by atoms with van der Waals surface area (Å²) >= 11 is 0. The number of nitrogens with two attached hydrogens (primary N) is 1. The van der Waals surface area contributed by atoms with Crippen LogP contribution in [0.3, 0.4) is 0 Å². The van der Waals surface area contributed by atoms with Crippen LogP contribution in [0, 0.1) is 0 Å². The number of para-hydroxylation sites is 1. The van der Waals surface area contributed by atoms with Crippen LogP contribution in [-0.2, 0) is 11.2 Å². The van der Waals surface area contributed by atoms with E-state index in [0.29, 0.717) is 12.8 Å². The van der Waals surface area contributed by atoms with Crippen molar-refractivity contribution in [2.45, 2.75) is 12.8 Å². The van der Waals surface area contributed by atoms with Gasteiger partial charge in [-0.2, -0.15) is 0 Å². The molecular weight excluding hydrogens is 178 g/mol. The smallest absolute Gasteiger partial charge is 0.217 e. The first-order valence-electron chi connectivity index (χ1n) is 4.51. The highest BCUT2D eigenvalue weighted by molar-refractivity contribution is 5.78. The minimum Gasteiger partial charge on any atom is -0.461 e. The highest BCUT2D eigenvalue weighted by atomic mass is 16.3. The highest BCUT2D eigenvalue weighted by Gasteiger charge is 2.03. The predicted octanol–water partition coefficient (Wildman–Crippen LogP) is 1.85. The number of hydrogen-bond donors (Lipinski definition) is 1. The molecule has 0 bridgehead atoms. The molecule has 0 aliphatic carbocycles. The second-order valence-electron chi connectivity index (χ2n) is 3.22. The number of aryl methyl sites for hydroxylation is 1. The molecule has 1 amide bonds. The molecule has 2 rings (SSSR count). The van der Waals surface area contributed by atoms with Crippen molar-refractivity contribution < 1.29 is 9.21 Å². The first-order chi connectivity index (χ1) is 6.75. The summed E-state index contributed by atoms with van der Waals surface area (Å²) in [6, 6.07) is 9.70. The summed E-state index contributed by atoms with van der Waals surface area (Å²) in [4.78, 5) is 10.6. The van der Waals surface area contributed by atoms with E-state index in [1.54, 1.807) is 0 Å². The van der Waals surface area contributed by atoms with Gasteiger partial charge in [0.1, 0.15) is 11.3 Å². The Kier molecular flexibility index (Phi) is 2.23. The lowest BCUT2D eigenvalue weighted by molar-refractivity contribution is -0.118. The molecule has 0 saturated heterocycles. The molecule has 14 heavy (non-hydrogen) atoms. The molecule has 0 aliphatic heterocycles. The van der Waals surface area contributed by atoms with Crippen LogP contribution in [0.25, 0.3) is 11.0 Å². The summed E-state index contributed by atoms with van der Waals surface area (Å²) in [6.45, 7) is 0. The number of furan rings is 1. The third kappa shape index (κ3) is 1.76. The molecule has 0 fully saturated rings. The summed E-state index contributed by atoms with van der Waals surface area (Å²) in [5.41, 5.74) is 5.91. The Morgan fingerprint density at radius 1 is 1.36 bits per heavy atom. The topological polar surface area (TPSA) is 56.2 Å². The van der Waals surface area contributed by atoms with Gasteiger partial charge in [-0.3, -0.25) is 4.79 Å². The maximum Gasteiger partial charge on any atom is 0.217 e. The van der Waals surface area contributed by atoms with Crippen LogP contribution in [0.15, 0.2) is 34.7 Å². The molecule has 0 aliphatic rings. The molecular formula is C11H11NO2. The van der Waals surface area contributed by atoms with Crippen LogP contribution in [0.4, 0.5) is 0 Å². The SMILES string of the molecule is NC(=O)CCc1cc2ccccc2o1. The first kappa shape index (κ1) is 8.81. The zero-order valence-corrected chi connectivity index (χ0v) is 7.69. The van der Waals surface area contributed by atoms with Crippen LogP contribution in [0.2, 0.25) is 0 Å². The van der Waals surface area contributed by atoms with E-state index in [0.717, 1.165) is 16.7 Å². The number of carbonyl (C=O) groups excluding carboxylic acids is 1. The number of amides is 1. The van der Waals surface area contributed by atoms with Gasteiger partial charge in [0.05, 0.1) is 0 Å². The third-order valence-electron chi connectivity index (χ3n) is 2.09. The molecule has 2 N–H and O–H groups in total. The Morgan fingerprint density at radius 2 is 2.14 bits per heavy atom. The van der Waals surface area contributed by atoms with Gasteiger partial charge in [0, 0.05) is 18.2 Å². The van der Waals surface area contributed by atoms with Crippen LogP contribution >= 0.6 is 0 Å². The van der Waals surface area contributed by atoms with Crippen molar-refractivity contribution in [3.63, 3.8) is 0 Å². The highest BCUT2D eigenvalue weighted by Crippen LogP contribution is 2.19. The van der Waals surface area contributed by atoms with Gasteiger partial charge in [0.25, 0.3) is 0 Å². The molecule has 0 radical (unpaired) electrons. The lowest BCUT2D eigenvalue weighted by atomic mass is 10.2. The Labute approximate surface area is 81.5 Å². The van der Waals surface area contributed by atoms with E-state index in [2.05, 4.69) is 0 Å². The van der Waals surface area contributed by atoms with Gasteiger partial charge in [-0.1, -0.05) is 18.2 Å². The van der Waals surface area contributed by atoms with Gasteiger partial charge in [-0.15, -0.1) is 0 Å². The van der Waals surface area contributed by atoms with Crippen molar-refractivity contribution in [3.8, 4) is 0 Å². The summed E-state index contributed by atoms with van der Waals surface area (Å²) in [5, 5.41) is 1.06. The van der Waals surface area contributed by atoms with Crippen LogP contribution in [0.5, 0.6) is 0 Å². The molecule has 3 heteroatoms. The zero-order valence-electron chi connectivity index (χ0n) is 7.69. The van der Waals surface area contributed by atoms with Crippen molar-refractivity contribution in [3.05, 3.63) is 36.1 Å². The summed E-state index contributed by atoms with van der Waals surface area (Å²) in [6.07, 6.45) is 0.907. The average molecular weight is 189 g/mol. The predicted molar refractivity (Wildman–Crippen MR) is 53.7 cm³/mol. The molecule has 0 spiro atoms. The number of primary amides is 1. The quantitative estimate of drug-likeness (QED) is 0.801. The van der Waals surface area contributed by atoms with Gasteiger partial charge in [0.2, 0.25) is 5.91 Å². The van der Waals surface area contributed by atoms with Gasteiger partial charge in [-0.25, -0.2) is 0 Å². The van der Waals surface area contributed by atoms with Crippen molar-refractivity contribution in [1.82, 2.24) is 0 Å². The van der Waals surface area contributed by atoms with Crippen LogP contribution in [0.1, 0.15) is 12.2 Å². The van der Waals surface area contributed by atoms with Gasteiger partial charge >= 0.3 is 0 Å². The van der Waals surface area contributed by atoms with E-state index >= 15 is 0 Å². The first-order valence-corrected chi connectivity index (χ1v) is 4.51. The fourth-order valence-electron chi connectivity index (χ4n) is 1.41. The molecule has 3 nitrogen and oxygen atoms in total. The van der Waals surface area contributed by atoms with Crippen molar-refractivity contribution in [2.75, 3.05) is 0 Å². The van der Waals surface area contributed by atoms with E-state index in [1.807, 2.05) is 30.3 Å². The zero-order chi connectivity index (χ0) is 9.97. The van der Waals surface area contributed by atoms with E-state index in [-0.39, 0.29) is 5.91 Å². The molecule has 0 saturated carbocycles. The summed E-state index contributed by atoms with van der Waals surface area (Å²) in [5.74, 6) is 0.510. The molecule has 2 aromatic rings. The largest absolute Gasteiger partial charge is 0.461 e. The Hall–Kier alpha value is -1.77. The van der Waals surface area contributed by atoms with Crippen molar-refractivity contribution in [2.24, 2.45) is 5.73 Å².